The Kier molecular flexibility index (Phi) is 48.3. The summed E-state index contributed by atoms with van der Waals surface area (Å²) in [6.07, 6.45) is 8.75. The zero-order chi connectivity index (χ0) is 108. The molecule has 780 valence electrons. The second kappa shape index (κ2) is 60.4. The lowest BCUT2D eigenvalue weighted by molar-refractivity contribution is 0.0977. The van der Waals surface area contributed by atoms with E-state index in [2.05, 4.69) is 95.8 Å². The molecule has 1 saturated carbocycles. The van der Waals surface area contributed by atoms with Crippen molar-refractivity contribution < 1.29 is 73.8 Å². The molecule has 16 aromatic rings. The van der Waals surface area contributed by atoms with Crippen molar-refractivity contribution in [2.45, 2.75) is 203 Å². The van der Waals surface area contributed by atoms with E-state index in [1.165, 1.54) is 71.2 Å². The lowest BCUT2D eigenvalue weighted by atomic mass is 10.0. The highest BCUT2D eigenvalue weighted by Gasteiger charge is 2.32. The monoisotopic (exact) mass is 2280 g/mol. The van der Waals surface area contributed by atoms with Gasteiger partial charge in [-0.25, -0.2) is 30.7 Å². The molecule has 8 heterocycles. The van der Waals surface area contributed by atoms with E-state index in [-0.39, 0.29) is 157 Å². The van der Waals surface area contributed by atoms with Crippen molar-refractivity contribution in [2.75, 3.05) is 7.11 Å². The fourth-order valence-electron chi connectivity index (χ4n) is 14.3. The molecule has 0 bridgehead atoms. The van der Waals surface area contributed by atoms with Crippen LogP contribution in [0.3, 0.4) is 0 Å². The standard InChI is InChI=1S/C14H12ClFN2OS.2C14H14ClFN2OS.C13H14N2O2S.C13H14N2OS.2C12H10ClFN2OS.C12H10F2N2OS/c15-10-2-1-3-11(16)9(10)6-7-12(19)14-13(8-4-5-8)17-18-20-14;1-8(2)13-14(20-18-17-13)12(19)7-6-9-10(15)4-3-5-11(9)16;1-2-4-12-14(20-18-17-12)13(19)8-7-9-10(15)5-3-6-11(9)16;1-9-13(18-15-14-9)11(16)8-7-10-5-3-4-6-12(10)17-2;1-9-5-3-4-6-11(9)7-8-12(16)13-10(2)14-15-17-13;3*1-7-12(18-16-15-7)11(17)6-5-8-9(13)3-2-4-10(8)14/h1-3,8H,4-7H2;3-5,8H,6-7H2,1-2H3;3,5-6H,2,4,7-8H2,1H3;3-6H,7-8H2,1-2H3;3-6H,7-8H2,1-2H3;3*2-4H,5-6H2,1H3. The largest absolute Gasteiger partial charge is 0.496 e. The molecular formula is C104H98Cl5F7N16O9S8. The molecule has 0 unspecified atom stereocenters. The van der Waals surface area contributed by atoms with Crippen LogP contribution in [0, 0.1) is 82.3 Å². The number of para-hydroxylation sites is 1. The van der Waals surface area contributed by atoms with E-state index < -0.39 is 11.6 Å². The van der Waals surface area contributed by atoms with Crippen molar-refractivity contribution in [3.8, 4) is 5.75 Å². The van der Waals surface area contributed by atoms with Crippen LogP contribution in [0.4, 0.5) is 30.7 Å². The third kappa shape index (κ3) is 35.8. The summed E-state index contributed by atoms with van der Waals surface area (Å²) in [7, 11) is 1.64. The molecule has 0 saturated heterocycles. The first-order valence-corrected chi connectivity index (χ1v) is 54.5. The highest BCUT2D eigenvalue weighted by molar-refractivity contribution is 7.10. The second-order valence-corrected chi connectivity index (χ2v) is 41.5. The summed E-state index contributed by atoms with van der Waals surface area (Å²) in [4.78, 5) is 101. The van der Waals surface area contributed by atoms with E-state index in [1.807, 2.05) is 64.1 Å². The summed E-state index contributed by atoms with van der Waals surface area (Å²) < 4.78 is 130. The van der Waals surface area contributed by atoms with Crippen LogP contribution < -0.4 is 4.74 Å². The van der Waals surface area contributed by atoms with Gasteiger partial charge in [0.1, 0.15) is 85.5 Å². The first-order chi connectivity index (χ1) is 71.5. The zero-order valence-electron chi connectivity index (χ0n) is 81.9. The van der Waals surface area contributed by atoms with E-state index in [4.69, 9.17) is 62.7 Å². The average molecular weight is 2280 g/mol. The molecule has 0 atom stereocenters. The molecule has 8 aromatic heterocycles. The van der Waals surface area contributed by atoms with Crippen molar-refractivity contribution in [1.82, 2.24) is 76.7 Å². The number of aromatic nitrogens is 16. The predicted molar refractivity (Wildman–Crippen MR) is 572 cm³/mol. The van der Waals surface area contributed by atoms with Gasteiger partial charge in [-0.1, -0.05) is 200 Å². The minimum Gasteiger partial charge on any atom is -0.496 e. The summed E-state index contributed by atoms with van der Waals surface area (Å²) in [5, 5.41) is 32.7. The van der Waals surface area contributed by atoms with Gasteiger partial charge in [-0.2, -0.15) is 0 Å². The quantitative estimate of drug-likeness (QED) is 0.0258. The minimum absolute atomic E-state index is 0.0266. The Morgan fingerprint density at radius 1 is 0.302 bits per heavy atom. The van der Waals surface area contributed by atoms with E-state index >= 15 is 0 Å². The molecule has 149 heavy (non-hydrogen) atoms. The Bertz CT molecular complexity index is 6790. The third-order valence-corrected chi connectivity index (χ3v) is 31.0. The number of carbonyl (C=O) groups excluding carboxylic acids is 8. The molecule has 0 radical (unpaired) electrons. The molecule has 8 aromatic carbocycles. The molecule has 45 heteroatoms. The van der Waals surface area contributed by atoms with Gasteiger partial charge in [0.15, 0.2) is 46.3 Å². The highest BCUT2D eigenvalue weighted by Crippen LogP contribution is 2.42. The average Bonchev–Trinajstić information content (AvgIpc) is 1.66. The number of hydrogen-bond donors (Lipinski definition) is 0. The molecule has 0 aliphatic heterocycles. The van der Waals surface area contributed by atoms with Crippen LogP contribution in [0.15, 0.2) is 158 Å². The number of halogens is 12. The zero-order valence-corrected chi connectivity index (χ0v) is 92.3. The maximum atomic E-state index is 13.6. The number of ketones is 8. The molecule has 1 aliphatic carbocycles. The number of hydrogen-bond acceptors (Lipinski definition) is 33. The van der Waals surface area contributed by atoms with E-state index in [0.717, 1.165) is 141 Å². The molecule has 17 rings (SSSR count). The molecule has 1 fully saturated rings. The van der Waals surface area contributed by atoms with Gasteiger partial charge in [0.05, 0.1) is 52.7 Å². The van der Waals surface area contributed by atoms with Gasteiger partial charge >= 0.3 is 0 Å². The van der Waals surface area contributed by atoms with Gasteiger partial charge in [-0.05, 0) is 306 Å². The van der Waals surface area contributed by atoms with Gasteiger partial charge in [0, 0.05) is 116 Å². The van der Waals surface area contributed by atoms with Crippen LogP contribution in [0.25, 0.3) is 0 Å². The molecule has 0 N–H and O–H groups in total. The summed E-state index contributed by atoms with van der Waals surface area (Å²) >= 11 is 38.4. The molecule has 1 aliphatic rings. The number of benzene rings is 8. The van der Waals surface area contributed by atoms with E-state index in [0.29, 0.717) is 152 Å². The van der Waals surface area contributed by atoms with Crippen LogP contribution in [-0.4, -0.2) is 130 Å². The van der Waals surface area contributed by atoms with Crippen molar-refractivity contribution in [2.24, 2.45) is 0 Å². The number of nitrogens with zero attached hydrogens (tertiary/aromatic N) is 16. The Hall–Kier alpha value is -11.6. The Labute approximate surface area is 913 Å². The van der Waals surface area contributed by atoms with E-state index in [9.17, 15) is 69.1 Å². The third-order valence-electron chi connectivity index (χ3n) is 22.5. The molecular weight excluding hydrogens is 2180 g/mol. The molecule has 0 amide bonds. The van der Waals surface area contributed by atoms with Crippen LogP contribution in [0.5, 0.6) is 5.75 Å². The fraction of sp³-hybridized carbons (Fsp3) is 0.308. The van der Waals surface area contributed by atoms with Gasteiger partial charge in [0.25, 0.3) is 0 Å². The van der Waals surface area contributed by atoms with Gasteiger partial charge in [-0.15, -0.1) is 40.8 Å². The number of ether oxygens (including phenoxy) is 1. The van der Waals surface area contributed by atoms with Crippen LogP contribution in [0.2, 0.25) is 25.1 Å². The van der Waals surface area contributed by atoms with Crippen molar-refractivity contribution >= 4 is 197 Å². The number of aryl methyl sites for hydroxylation is 9. The lowest BCUT2D eigenvalue weighted by Gasteiger charge is -2.06. The Morgan fingerprint density at radius 3 is 0.886 bits per heavy atom. The number of rotatable bonds is 37. The Morgan fingerprint density at radius 2 is 0.564 bits per heavy atom. The van der Waals surface area contributed by atoms with Gasteiger partial charge in [-0.3, -0.25) is 38.4 Å². The fourth-order valence-corrected chi connectivity index (χ4v) is 20.9. The first-order valence-electron chi connectivity index (χ1n) is 46.4. The van der Waals surface area contributed by atoms with Gasteiger partial charge in [0.2, 0.25) is 0 Å². The summed E-state index contributed by atoms with van der Waals surface area (Å²) in [6.45, 7) is 16.8. The van der Waals surface area contributed by atoms with Gasteiger partial charge < -0.3 is 4.74 Å². The maximum Gasteiger partial charge on any atom is 0.176 e. The summed E-state index contributed by atoms with van der Waals surface area (Å²) in [5.74, 6) is -2.03. The van der Waals surface area contributed by atoms with Crippen molar-refractivity contribution in [3.05, 3.63) is 358 Å². The predicted octanol–water partition coefficient (Wildman–Crippen LogP) is 27.9. The molecule has 0 spiro atoms. The number of Topliss-reactive ketones (excluding diaryl/α,β-unsaturated/α-hetero) is 8. The summed E-state index contributed by atoms with van der Waals surface area (Å²) in [5.41, 5.74) is 10.9. The van der Waals surface area contributed by atoms with E-state index in [1.54, 1.807) is 95.5 Å². The van der Waals surface area contributed by atoms with Crippen molar-refractivity contribution in [3.63, 3.8) is 0 Å². The number of carbonyl (C=O) groups is 8. The van der Waals surface area contributed by atoms with Crippen molar-refractivity contribution in [1.29, 1.82) is 0 Å². The van der Waals surface area contributed by atoms with Crippen LogP contribution in [0.1, 0.15) is 276 Å². The highest BCUT2D eigenvalue weighted by atomic mass is 35.5. The summed E-state index contributed by atoms with van der Waals surface area (Å²) in [6, 6.07) is 42.1. The lowest BCUT2D eigenvalue weighted by Crippen LogP contribution is -2.05. The second-order valence-electron chi connectivity index (χ2n) is 33.5. The number of methoxy groups -OCH3 is 1. The Balaban J connectivity index is 0.000000174. The topological polar surface area (TPSA) is 352 Å². The van der Waals surface area contributed by atoms with Crippen LogP contribution in [-0.2, 0) is 57.8 Å². The molecule has 25 nitrogen and oxygen atoms in total. The smallest absolute Gasteiger partial charge is 0.176 e. The minimum atomic E-state index is -0.623. The SMILES string of the molecule is CC(C)c1nnsc1C(=O)CCc1c(F)cccc1Cl.CCCc1nnsc1C(=O)CCc1c(F)cccc1Cl.COc1ccccc1CCC(=O)c1snnc1C.Cc1ccccc1CCC(=O)c1snnc1C.Cc1nnsc1C(=O)CCc1c(F)cccc1Cl.Cc1nnsc1C(=O)CCc1c(F)cccc1Cl.Cc1nnsc1C(=O)CCc1c(F)cccc1F.O=C(CCc1c(F)cccc1Cl)c1snnc1C1CC1. The first kappa shape index (κ1) is 119. The normalized spacial score (nSPS) is 11.2. The van der Waals surface area contributed by atoms with Crippen LogP contribution >= 0.6 is 150 Å². The maximum absolute atomic E-state index is 13.6.